The normalized spacial score (nSPS) is 14.2. The number of rotatable bonds is 11. The van der Waals surface area contributed by atoms with Gasteiger partial charge in [-0.25, -0.2) is 0 Å². The van der Waals surface area contributed by atoms with E-state index >= 15 is 0 Å². The predicted octanol–water partition coefficient (Wildman–Crippen LogP) is 6.15. The molecule has 4 heteroatoms. The lowest BCUT2D eigenvalue weighted by molar-refractivity contribution is 0.103. The van der Waals surface area contributed by atoms with Crippen molar-refractivity contribution in [3.05, 3.63) is 65.7 Å². The Balaban J connectivity index is 0.00000300. The third-order valence-electron chi connectivity index (χ3n) is 5.47. The smallest absolute Gasteiger partial charge is 0.193 e. The topological polar surface area (TPSA) is 29.5 Å². The summed E-state index contributed by atoms with van der Waals surface area (Å²) in [5.74, 6) is 0.826. The molecular weight excluding hydrogens is 382 g/mol. The quantitative estimate of drug-likeness (QED) is 0.325. The average molecular weight is 416 g/mol. The van der Waals surface area contributed by atoms with Gasteiger partial charge in [-0.05, 0) is 57.5 Å². The van der Waals surface area contributed by atoms with Gasteiger partial charge in [0.2, 0.25) is 0 Å². The minimum absolute atomic E-state index is 0. The maximum atomic E-state index is 12.5. The lowest BCUT2D eigenvalue weighted by atomic mass is 10.0. The molecule has 2 aromatic carbocycles. The Labute approximate surface area is 181 Å². The molecule has 0 spiro atoms. The van der Waals surface area contributed by atoms with Crippen LogP contribution in [0, 0.1) is 0 Å². The molecule has 0 unspecified atom stereocenters. The summed E-state index contributed by atoms with van der Waals surface area (Å²) >= 11 is 0. The Bertz CT molecular complexity index is 714. The first kappa shape index (κ1) is 23.4. The van der Waals surface area contributed by atoms with Gasteiger partial charge < -0.3 is 9.64 Å². The number of halogens is 1. The van der Waals surface area contributed by atoms with Gasteiger partial charge in [-0.2, -0.15) is 0 Å². The van der Waals surface area contributed by atoms with Crippen LogP contribution in [0.15, 0.2) is 54.6 Å². The van der Waals surface area contributed by atoms with Crippen LogP contribution in [0.4, 0.5) is 0 Å². The molecule has 1 heterocycles. The summed E-state index contributed by atoms with van der Waals surface area (Å²) in [7, 11) is 0. The van der Waals surface area contributed by atoms with Crippen molar-refractivity contribution in [1.82, 2.24) is 4.90 Å². The maximum Gasteiger partial charge on any atom is 0.193 e. The van der Waals surface area contributed by atoms with E-state index in [0.717, 1.165) is 18.8 Å². The van der Waals surface area contributed by atoms with Crippen LogP contribution in [0.25, 0.3) is 0 Å². The second-order valence-corrected chi connectivity index (χ2v) is 7.74. The monoisotopic (exact) mass is 415 g/mol. The van der Waals surface area contributed by atoms with Gasteiger partial charge in [-0.3, -0.25) is 4.79 Å². The first-order valence-electron chi connectivity index (χ1n) is 10.9. The number of ether oxygens (including phenoxy) is 1. The molecule has 1 aliphatic heterocycles. The maximum absolute atomic E-state index is 12.5. The molecule has 1 saturated heterocycles. The summed E-state index contributed by atoms with van der Waals surface area (Å²) in [4.78, 5) is 15.2. The van der Waals surface area contributed by atoms with E-state index in [1.54, 1.807) is 0 Å². The molecule has 158 valence electrons. The third-order valence-corrected chi connectivity index (χ3v) is 5.47. The van der Waals surface area contributed by atoms with Crippen LogP contribution in [0.2, 0.25) is 0 Å². The number of ketones is 1. The zero-order valence-corrected chi connectivity index (χ0v) is 18.2. The van der Waals surface area contributed by atoms with Crippen LogP contribution >= 0.6 is 12.4 Å². The number of hydrogen-bond acceptors (Lipinski definition) is 3. The number of likely N-dealkylation sites (tertiary alicyclic amines) is 1. The van der Waals surface area contributed by atoms with E-state index in [9.17, 15) is 4.79 Å². The SMILES string of the molecule is Cl.O=C(c1ccccc1)c1cccc(OCCCCCCCN2CCCCC2)c1. The molecule has 0 amide bonds. The van der Waals surface area contributed by atoms with E-state index in [1.165, 1.54) is 64.6 Å². The van der Waals surface area contributed by atoms with Gasteiger partial charge in [-0.1, -0.05) is 68.1 Å². The molecule has 0 atom stereocenters. The molecule has 0 radical (unpaired) electrons. The second-order valence-electron chi connectivity index (χ2n) is 7.74. The van der Waals surface area contributed by atoms with Crippen LogP contribution < -0.4 is 4.74 Å². The number of hydrogen-bond donors (Lipinski definition) is 0. The molecule has 1 fully saturated rings. The molecule has 0 aromatic heterocycles. The number of unbranched alkanes of at least 4 members (excludes halogenated alkanes) is 4. The highest BCUT2D eigenvalue weighted by Gasteiger charge is 2.10. The van der Waals surface area contributed by atoms with Gasteiger partial charge in [0, 0.05) is 11.1 Å². The Morgan fingerprint density at radius 3 is 2.28 bits per heavy atom. The summed E-state index contributed by atoms with van der Waals surface area (Å²) in [6.45, 7) is 4.60. The highest BCUT2D eigenvalue weighted by Crippen LogP contribution is 2.17. The minimum Gasteiger partial charge on any atom is -0.494 e. The van der Waals surface area contributed by atoms with Crippen molar-refractivity contribution in [1.29, 1.82) is 0 Å². The van der Waals surface area contributed by atoms with Crippen LogP contribution in [-0.2, 0) is 0 Å². The van der Waals surface area contributed by atoms with Crippen molar-refractivity contribution in [3.8, 4) is 5.75 Å². The fourth-order valence-electron chi connectivity index (χ4n) is 3.82. The van der Waals surface area contributed by atoms with Gasteiger partial charge >= 0.3 is 0 Å². The molecular formula is C25H34ClNO2. The van der Waals surface area contributed by atoms with E-state index in [4.69, 9.17) is 4.74 Å². The molecule has 2 aromatic rings. The Morgan fingerprint density at radius 1 is 0.793 bits per heavy atom. The molecule has 0 aliphatic carbocycles. The van der Waals surface area contributed by atoms with E-state index in [0.29, 0.717) is 11.1 Å². The van der Waals surface area contributed by atoms with Crippen LogP contribution in [0.3, 0.4) is 0 Å². The first-order chi connectivity index (χ1) is 13.8. The number of nitrogens with zero attached hydrogens (tertiary/aromatic N) is 1. The van der Waals surface area contributed by atoms with Gasteiger partial charge in [0.1, 0.15) is 5.75 Å². The van der Waals surface area contributed by atoms with Gasteiger partial charge in [-0.15, -0.1) is 12.4 Å². The van der Waals surface area contributed by atoms with Crippen LogP contribution in [-0.4, -0.2) is 36.9 Å². The molecule has 3 nitrogen and oxygen atoms in total. The van der Waals surface area contributed by atoms with Gasteiger partial charge in [0.25, 0.3) is 0 Å². The Morgan fingerprint density at radius 2 is 1.48 bits per heavy atom. The van der Waals surface area contributed by atoms with Crippen molar-refractivity contribution in [2.75, 3.05) is 26.2 Å². The molecule has 0 bridgehead atoms. The average Bonchev–Trinajstić information content (AvgIpc) is 2.76. The van der Waals surface area contributed by atoms with E-state index in [2.05, 4.69) is 4.90 Å². The number of benzene rings is 2. The first-order valence-corrected chi connectivity index (χ1v) is 10.9. The number of piperidine rings is 1. The van der Waals surface area contributed by atoms with E-state index in [1.807, 2.05) is 54.6 Å². The van der Waals surface area contributed by atoms with E-state index < -0.39 is 0 Å². The molecule has 1 aliphatic rings. The van der Waals surface area contributed by atoms with Crippen LogP contribution in [0.1, 0.15) is 67.3 Å². The van der Waals surface area contributed by atoms with Crippen LogP contribution in [0.5, 0.6) is 5.75 Å². The largest absolute Gasteiger partial charge is 0.494 e. The lowest BCUT2D eigenvalue weighted by Gasteiger charge is -2.26. The highest BCUT2D eigenvalue weighted by molar-refractivity contribution is 6.09. The zero-order valence-electron chi connectivity index (χ0n) is 17.4. The second kappa shape index (κ2) is 13.4. The number of carbonyl (C=O) groups excluding carboxylic acids is 1. The summed E-state index contributed by atoms with van der Waals surface area (Å²) in [5, 5.41) is 0. The van der Waals surface area contributed by atoms with Gasteiger partial charge in [0.15, 0.2) is 5.78 Å². The number of carbonyl (C=O) groups is 1. The molecule has 0 N–H and O–H groups in total. The summed E-state index contributed by atoms with van der Waals surface area (Å²) in [6.07, 6.45) is 10.4. The molecule has 3 rings (SSSR count). The summed E-state index contributed by atoms with van der Waals surface area (Å²) < 4.78 is 5.87. The van der Waals surface area contributed by atoms with Crippen molar-refractivity contribution < 1.29 is 9.53 Å². The standard InChI is InChI=1S/C25H33NO2.ClH/c27-25(22-13-6-4-7-14-22)23-15-12-16-24(21-23)28-20-11-3-1-2-8-17-26-18-9-5-10-19-26;/h4,6-7,12-16,21H,1-3,5,8-11,17-20H2;1H. The van der Waals surface area contributed by atoms with Crippen molar-refractivity contribution in [2.24, 2.45) is 0 Å². The molecule has 29 heavy (non-hydrogen) atoms. The Hall–Kier alpha value is -1.84. The van der Waals surface area contributed by atoms with Crippen molar-refractivity contribution in [2.45, 2.75) is 51.4 Å². The fourth-order valence-corrected chi connectivity index (χ4v) is 3.82. The van der Waals surface area contributed by atoms with Gasteiger partial charge in [0.05, 0.1) is 6.61 Å². The zero-order chi connectivity index (χ0) is 19.4. The minimum atomic E-state index is 0. The highest BCUT2D eigenvalue weighted by atomic mass is 35.5. The Kier molecular flexibility index (Phi) is 10.8. The summed E-state index contributed by atoms with van der Waals surface area (Å²) in [6, 6.07) is 16.9. The molecule has 0 saturated carbocycles. The third kappa shape index (κ3) is 8.20. The van der Waals surface area contributed by atoms with Crippen molar-refractivity contribution in [3.63, 3.8) is 0 Å². The predicted molar refractivity (Wildman–Crippen MR) is 122 cm³/mol. The lowest BCUT2D eigenvalue weighted by Crippen LogP contribution is -2.30. The van der Waals surface area contributed by atoms with Crippen molar-refractivity contribution >= 4 is 18.2 Å². The fraction of sp³-hybridized carbons (Fsp3) is 0.480. The summed E-state index contributed by atoms with van der Waals surface area (Å²) in [5.41, 5.74) is 1.39. The van der Waals surface area contributed by atoms with E-state index in [-0.39, 0.29) is 18.2 Å².